The maximum atomic E-state index is 5.61. The highest BCUT2D eigenvalue weighted by Crippen LogP contribution is 2.24. The molecular weight excluding hydrogens is 336 g/mol. The van der Waals surface area contributed by atoms with E-state index < -0.39 is 0 Å². The lowest BCUT2D eigenvalue weighted by Gasteiger charge is -2.35. The third-order valence-electron chi connectivity index (χ3n) is 5.20. The van der Waals surface area contributed by atoms with Crippen LogP contribution in [0.15, 0.2) is 54.6 Å². The maximum absolute atomic E-state index is 5.61. The summed E-state index contributed by atoms with van der Waals surface area (Å²) < 4.78 is 7.92. The SMILES string of the molecule is CCOCCn1c(N2CCN(Cc3ccccc3)CC2)nc2ccccc21. The third-order valence-corrected chi connectivity index (χ3v) is 5.20. The molecule has 5 nitrogen and oxygen atoms in total. The molecule has 2 aromatic carbocycles. The Morgan fingerprint density at radius 2 is 1.67 bits per heavy atom. The van der Waals surface area contributed by atoms with Gasteiger partial charge in [0.25, 0.3) is 0 Å². The van der Waals surface area contributed by atoms with Crippen molar-refractivity contribution in [2.45, 2.75) is 20.0 Å². The number of fused-ring (bicyclic) bond motifs is 1. The summed E-state index contributed by atoms with van der Waals surface area (Å²) in [5.41, 5.74) is 3.64. The summed E-state index contributed by atoms with van der Waals surface area (Å²) in [6.45, 7) is 9.50. The predicted molar refractivity (Wildman–Crippen MR) is 110 cm³/mol. The zero-order chi connectivity index (χ0) is 18.5. The first kappa shape index (κ1) is 18.0. The summed E-state index contributed by atoms with van der Waals surface area (Å²) in [4.78, 5) is 9.89. The number of nitrogens with zero attached hydrogens (tertiary/aromatic N) is 4. The van der Waals surface area contributed by atoms with Crippen molar-refractivity contribution in [2.24, 2.45) is 0 Å². The van der Waals surface area contributed by atoms with Crippen LogP contribution in [0.25, 0.3) is 11.0 Å². The molecule has 1 aromatic heterocycles. The second kappa shape index (κ2) is 8.55. The number of para-hydroxylation sites is 2. The lowest BCUT2D eigenvalue weighted by molar-refractivity contribution is 0.140. The van der Waals surface area contributed by atoms with Crippen LogP contribution in [0, 0.1) is 0 Å². The number of piperazine rings is 1. The molecule has 0 saturated carbocycles. The van der Waals surface area contributed by atoms with Crippen LogP contribution < -0.4 is 4.90 Å². The summed E-state index contributed by atoms with van der Waals surface area (Å²) >= 11 is 0. The van der Waals surface area contributed by atoms with Crippen molar-refractivity contribution in [2.75, 3.05) is 44.3 Å². The zero-order valence-corrected chi connectivity index (χ0v) is 16.1. The van der Waals surface area contributed by atoms with Crippen LogP contribution in [0.1, 0.15) is 12.5 Å². The van der Waals surface area contributed by atoms with Gasteiger partial charge in [0.1, 0.15) is 0 Å². The monoisotopic (exact) mass is 364 g/mol. The number of hydrogen-bond acceptors (Lipinski definition) is 4. The van der Waals surface area contributed by atoms with Gasteiger partial charge in [-0.2, -0.15) is 0 Å². The van der Waals surface area contributed by atoms with Crippen molar-refractivity contribution < 1.29 is 4.74 Å². The molecule has 1 aliphatic rings. The lowest BCUT2D eigenvalue weighted by atomic mass is 10.2. The van der Waals surface area contributed by atoms with Gasteiger partial charge in [-0.1, -0.05) is 42.5 Å². The number of benzene rings is 2. The lowest BCUT2D eigenvalue weighted by Crippen LogP contribution is -2.46. The Morgan fingerprint density at radius 3 is 2.44 bits per heavy atom. The minimum atomic E-state index is 0.720. The van der Waals surface area contributed by atoms with E-state index in [1.54, 1.807) is 0 Å². The topological polar surface area (TPSA) is 33.5 Å². The Hall–Kier alpha value is -2.37. The molecule has 3 aromatic rings. The van der Waals surface area contributed by atoms with Gasteiger partial charge >= 0.3 is 0 Å². The molecule has 1 saturated heterocycles. The van der Waals surface area contributed by atoms with Gasteiger partial charge in [0.15, 0.2) is 0 Å². The van der Waals surface area contributed by atoms with E-state index >= 15 is 0 Å². The molecule has 0 N–H and O–H groups in total. The Labute approximate surface area is 161 Å². The number of rotatable bonds is 7. The largest absolute Gasteiger partial charge is 0.380 e. The van der Waals surface area contributed by atoms with Gasteiger partial charge in [-0.05, 0) is 24.6 Å². The predicted octanol–water partition coefficient (Wildman–Crippen LogP) is 3.40. The minimum Gasteiger partial charge on any atom is -0.380 e. The number of hydrogen-bond donors (Lipinski definition) is 0. The molecule has 0 atom stereocenters. The Bertz CT molecular complexity index is 853. The van der Waals surface area contributed by atoms with Crippen LogP contribution in [-0.2, 0) is 17.8 Å². The van der Waals surface area contributed by atoms with E-state index in [1.165, 1.54) is 11.1 Å². The van der Waals surface area contributed by atoms with Gasteiger partial charge in [0, 0.05) is 45.9 Å². The first-order valence-corrected chi connectivity index (χ1v) is 9.89. The van der Waals surface area contributed by atoms with E-state index in [9.17, 15) is 0 Å². The molecule has 1 aliphatic heterocycles. The highest BCUT2D eigenvalue weighted by atomic mass is 16.5. The maximum Gasteiger partial charge on any atom is 0.206 e. The van der Waals surface area contributed by atoms with Crippen LogP contribution in [0.2, 0.25) is 0 Å². The number of imidazole rings is 1. The smallest absolute Gasteiger partial charge is 0.206 e. The molecule has 0 unspecified atom stereocenters. The molecule has 0 amide bonds. The van der Waals surface area contributed by atoms with E-state index in [4.69, 9.17) is 9.72 Å². The van der Waals surface area contributed by atoms with Gasteiger partial charge in [-0.15, -0.1) is 0 Å². The van der Waals surface area contributed by atoms with Gasteiger partial charge in [0.05, 0.1) is 17.6 Å². The fourth-order valence-electron chi connectivity index (χ4n) is 3.77. The van der Waals surface area contributed by atoms with Gasteiger partial charge in [-0.25, -0.2) is 4.98 Å². The first-order chi connectivity index (χ1) is 13.3. The van der Waals surface area contributed by atoms with Crippen molar-refractivity contribution in [3.05, 3.63) is 60.2 Å². The molecule has 0 bridgehead atoms. The summed E-state index contributed by atoms with van der Waals surface area (Å²) in [5, 5.41) is 0. The number of ether oxygens (including phenoxy) is 1. The Balaban J connectivity index is 1.47. The van der Waals surface area contributed by atoms with Gasteiger partial charge < -0.3 is 14.2 Å². The molecule has 1 fully saturated rings. The molecule has 142 valence electrons. The molecule has 27 heavy (non-hydrogen) atoms. The highest BCUT2D eigenvalue weighted by Gasteiger charge is 2.22. The first-order valence-electron chi connectivity index (χ1n) is 9.89. The van der Waals surface area contributed by atoms with Gasteiger partial charge in [-0.3, -0.25) is 4.90 Å². The number of anilines is 1. The summed E-state index contributed by atoms with van der Waals surface area (Å²) in [7, 11) is 0. The number of aromatic nitrogens is 2. The fourth-order valence-corrected chi connectivity index (χ4v) is 3.77. The van der Waals surface area contributed by atoms with E-state index in [1.807, 2.05) is 6.92 Å². The minimum absolute atomic E-state index is 0.720. The normalized spacial score (nSPS) is 15.5. The molecule has 4 rings (SSSR count). The van der Waals surface area contributed by atoms with Crippen molar-refractivity contribution in [1.82, 2.24) is 14.5 Å². The highest BCUT2D eigenvalue weighted by molar-refractivity contribution is 5.78. The van der Waals surface area contributed by atoms with Crippen LogP contribution >= 0.6 is 0 Å². The average Bonchev–Trinajstić information content (AvgIpc) is 3.08. The van der Waals surface area contributed by atoms with Crippen molar-refractivity contribution in [1.29, 1.82) is 0 Å². The average molecular weight is 364 g/mol. The van der Waals surface area contributed by atoms with Crippen LogP contribution in [0.5, 0.6) is 0 Å². The summed E-state index contributed by atoms with van der Waals surface area (Å²) in [6.07, 6.45) is 0. The molecule has 0 spiro atoms. The fraction of sp³-hybridized carbons (Fsp3) is 0.409. The van der Waals surface area contributed by atoms with E-state index in [0.717, 1.165) is 63.9 Å². The second-order valence-corrected chi connectivity index (χ2v) is 7.00. The van der Waals surface area contributed by atoms with Crippen molar-refractivity contribution >= 4 is 17.0 Å². The zero-order valence-electron chi connectivity index (χ0n) is 16.1. The van der Waals surface area contributed by atoms with Gasteiger partial charge in [0.2, 0.25) is 5.95 Å². The van der Waals surface area contributed by atoms with Crippen LogP contribution in [-0.4, -0.2) is 53.8 Å². The Morgan fingerprint density at radius 1 is 0.926 bits per heavy atom. The molecule has 2 heterocycles. The molecule has 0 radical (unpaired) electrons. The molecular formula is C22H28N4O. The van der Waals surface area contributed by atoms with Crippen molar-refractivity contribution in [3.8, 4) is 0 Å². The molecule has 5 heteroatoms. The van der Waals surface area contributed by atoms with E-state index in [2.05, 4.69) is 69.0 Å². The standard InChI is InChI=1S/C22H28N4O/c1-2-27-17-16-26-21-11-7-6-10-20(21)23-22(26)25-14-12-24(13-15-25)18-19-8-4-3-5-9-19/h3-11H,2,12-18H2,1H3. The summed E-state index contributed by atoms with van der Waals surface area (Å²) in [6, 6.07) is 19.1. The van der Waals surface area contributed by atoms with Crippen LogP contribution in [0.4, 0.5) is 5.95 Å². The van der Waals surface area contributed by atoms with E-state index in [-0.39, 0.29) is 0 Å². The quantitative estimate of drug-likeness (QED) is 0.602. The second-order valence-electron chi connectivity index (χ2n) is 7.00. The summed E-state index contributed by atoms with van der Waals surface area (Å²) in [5.74, 6) is 1.08. The van der Waals surface area contributed by atoms with E-state index in [0.29, 0.717) is 0 Å². The van der Waals surface area contributed by atoms with Crippen molar-refractivity contribution in [3.63, 3.8) is 0 Å². The third kappa shape index (κ3) is 4.15. The Kier molecular flexibility index (Phi) is 5.70. The molecule has 0 aliphatic carbocycles. The van der Waals surface area contributed by atoms with Crippen LogP contribution in [0.3, 0.4) is 0 Å².